The van der Waals surface area contributed by atoms with Crippen molar-refractivity contribution in [3.8, 4) is 0 Å². The number of benzene rings is 1. The lowest BCUT2D eigenvalue weighted by molar-refractivity contribution is -0.129. The fraction of sp³-hybridized carbons (Fsp3) is 0.100. The third-order valence-corrected chi connectivity index (χ3v) is 2.72. The van der Waals surface area contributed by atoms with E-state index in [1.54, 1.807) is 11.3 Å². The van der Waals surface area contributed by atoms with E-state index in [1.165, 1.54) is 10.1 Å². The van der Waals surface area contributed by atoms with E-state index >= 15 is 0 Å². The molecule has 0 amide bonds. The summed E-state index contributed by atoms with van der Waals surface area (Å²) < 4.78 is 5.90. The first-order valence-corrected chi connectivity index (χ1v) is 4.79. The summed E-state index contributed by atoms with van der Waals surface area (Å²) in [5, 5.41) is 3.29. The van der Waals surface area contributed by atoms with Crippen LogP contribution in [0.2, 0.25) is 0 Å². The molecule has 1 aromatic carbocycles. The molecule has 0 saturated carbocycles. The molecule has 13 heavy (non-hydrogen) atoms. The Kier molecular flexibility index (Phi) is 2.27. The predicted octanol–water partition coefficient (Wildman–Crippen LogP) is 2.57. The van der Waals surface area contributed by atoms with Gasteiger partial charge in [-0.15, -0.1) is 11.3 Å². The number of ether oxygens (including phenoxy) is 1. The van der Waals surface area contributed by atoms with Gasteiger partial charge in [0.25, 0.3) is 6.47 Å². The lowest BCUT2D eigenvalue weighted by Crippen LogP contribution is -1.88. The van der Waals surface area contributed by atoms with E-state index < -0.39 is 0 Å². The Morgan fingerprint density at radius 3 is 3.15 bits per heavy atom. The van der Waals surface area contributed by atoms with Crippen LogP contribution in [0.15, 0.2) is 29.6 Å². The molecule has 0 fully saturated rings. The first-order chi connectivity index (χ1) is 6.40. The molecule has 0 unspecified atom stereocenters. The molecule has 2 rings (SSSR count). The first-order valence-electron chi connectivity index (χ1n) is 3.91. The highest BCUT2D eigenvalue weighted by atomic mass is 32.1. The summed E-state index contributed by atoms with van der Waals surface area (Å²) in [5.41, 5.74) is 1.03. The number of thiophene rings is 1. The minimum absolute atomic E-state index is 0.358. The lowest BCUT2D eigenvalue weighted by Gasteiger charge is -1.98. The molecular weight excluding hydrogens is 184 g/mol. The standard InChI is InChI=1S/C10H8O2S/c11-7-12-6-8-1-2-9-3-4-13-10(9)5-8/h1-5,7H,6H2. The maximum Gasteiger partial charge on any atom is 0.293 e. The van der Waals surface area contributed by atoms with Crippen molar-refractivity contribution in [1.29, 1.82) is 0 Å². The Labute approximate surface area is 79.8 Å². The van der Waals surface area contributed by atoms with Crippen LogP contribution < -0.4 is 0 Å². The molecule has 0 bridgehead atoms. The third-order valence-electron chi connectivity index (χ3n) is 1.84. The molecule has 3 heteroatoms. The summed E-state index contributed by atoms with van der Waals surface area (Å²) in [6.45, 7) is 0.829. The SMILES string of the molecule is O=COCc1ccc2ccsc2c1. The molecule has 2 aromatic rings. The van der Waals surface area contributed by atoms with Crippen molar-refractivity contribution in [3.63, 3.8) is 0 Å². The Morgan fingerprint density at radius 2 is 2.31 bits per heavy atom. The number of carbonyl (C=O) groups excluding carboxylic acids is 1. The van der Waals surface area contributed by atoms with Gasteiger partial charge in [0.05, 0.1) is 0 Å². The van der Waals surface area contributed by atoms with Gasteiger partial charge in [-0.1, -0.05) is 12.1 Å². The fourth-order valence-corrected chi connectivity index (χ4v) is 2.07. The van der Waals surface area contributed by atoms with Crippen molar-refractivity contribution in [2.45, 2.75) is 6.61 Å². The average Bonchev–Trinajstić information content (AvgIpc) is 2.61. The molecule has 1 heterocycles. The van der Waals surface area contributed by atoms with Crippen molar-refractivity contribution in [1.82, 2.24) is 0 Å². The largest absolute Gasteiger partial charge is 0.463 e. The number of carbonyl (C=O) groups is 1. The second kappa shape index (κ2) is 3.58. The maximum absolute atomic E-state index is 9.97. The molecule has 0 N–H and O–H groups in total. The van der Waals surface area contributed by atoms with Gasteiger partial charge in [-0.2, -0.15) is 0 Å². The van der Waals surface area contributed by atoms with Crippen molar-refractivity contribution >= 4 is 27.9 Å². The molecule has 0 aliphatic carbocycles. The minimum Gasteiger partial charge on any atom is -0.463 e. The summed E-state index contributed by atoms with van der Waals surface area (Å²) in [5.74, 6) is 0. The van der Waals surface area contributed by atoms with Gasteiger partial charge >= 0.3 is 0 Å². The quantitative estimate of drug-likeness (QED) is 0.698. The average molecular weight is 192 g/mol. The predicted molar refractivity (Wildman–Crippen MR) is 52.7 cm³/mol. The molecule has 0 spiro atoms. The molecule has 0 atom stereocenters. The van der Waals surface area contributed by atoms with Crippen molar-refractivity contribution in [2.24, 2.45) is 0 Å². The van der Waals surface area contributed by atoms with E-state index in [0.717, 1.165) is 5.56 Å². The van der Waals surface area contributed by atoms with Crippen molar-refractivity contribution in [3.05, 3.63) is 35.2 Å². The Morgan fingerprint density at radius 1 is 1.38 bits per heavy atom. The van der Waals surface area contributed by atoms with Gasteiger partial charge in [0.1, 0.15) is 6.61 Å². The topological polar surface area (TPSA) is 26.3 Å². The fourth-order valence-electron chi connectivity index (χ4n) is 1.22. The van der Waals surface area contributed by atoms with Gasteiger partial charge in [0.2, 0.25) is 0 Å². The smallest absolute Gasteiger partial charge is 0.293 e. The van der Waals surface area contributed by atoms with E-state index in [1.807, 2.05) is 18.2 Å². The van der Waals surface area contributed by atoms with E-state index in [9.17, 15) is 4.79 Å². The number of fused-ring (bicyclic) bond motifs is 1. The highest BCUT2D eigenvalue weighted by molar-refractivity contribution is 7.17. The normalized spacial score (nSPS) is 10.2. The first kappa shape index (κ1) is 8.26. The molecule has 0 radical (unpaired) electrons. The monoisotopic (exact) mass is 192 g/mol. The molecule has 2 nitrogen and oxygen atoms in total. The summed E-state index contributed by atoms with van der Waals surface area (Å²) in [4.78, 5) is 9.97. The Balaban J connectivity index is 2.31. The summed E-state index contributed by atoms with van der Waals surface area (Å²) in [7, 11) is 0. The van der Waals surface area contributed by atoms with Gasteiger partial charge in [-0.05, 0) is 28.5 Å². The molecule has 66 valence electrons. The van der Waals surface area contributed by atoms with Gasteiger partial charge < -0.3 is 4.74 Å². The maximum atomic E-state index is 9.97. The van der Waals surface area contributed by atoms with Crippen LogP contribution in [-0.2, 0) is 16.1 Å². The van der Waals surface area contributed by atoms with Gasteiger partial charge in [0, 0.05) is 4.70 Å². The third kappa shape index (κ3) is 1.70. The van der Waals surface area contributed by atoms with Crippen LogP contribution in [0.3, 0.4) is 0 Å². The van der Waals surface area contributed by atoms with Gasteiger partial charge in [-0.3, -0.25) is 4.79 Å². The number of hydrogen-bond donors (Lipinski definition) is 0. The zero-order valence-electron chi connectivity index (χ0n) is 6.90. The van der Waals surface area contributed by atoms with E-state index in [0.29, 0.717) is 13.1 Å². The molecular formula is C10H8O2S. The van der Waals surface area contributed by atoms with Crippen LogP contribution in [0.1, 0.15) is 5.56 Å². The van der Waals surface area contributed by atoms with E-state index in [4.69, 9.17) is 0 Å². The summed E-state index contributed by atoms with van der Waals surface area (Å²) >= 11 is 1.69. The van der Waals surface area contributed by atoms with Crippen molar-refractivity contribution in [2.75, 3.05) is 0 Å². The van der Waals surface area contributed by atoms with Crippen LogP contribution in [0.5, 0.6) is 0 Å². The second-order valence-corrected chi connectivity index (χ2v) is 3.65. The van der Waals surface area contributed by atoms with Crippen LogP contribution in [0, 0.1) is 0 Å². The molecule has 0 saturated heterocycles. The lowest BCUT2D eigenvalue weighted by atomic mass is 10.2. The zero-order valence-corrected chi connectivity index (χ0v) is 7.71. The molecule has 1 aromatic heterocycles. The Bertz CT molecular complexity index is 420. The van der Waals surface area contributed by atoms with Crippen molar-refractivity contribution < 1.29 is 9.53 Å². The highest BCUT2D eigenvalue weighted by Crippen LogP contribution is 2.21. The zero-order chi connectivity index (χ0) is 9.10. The van der Waals surface area contributed by atoms with Crippen LogP contribution in [0.4, 0.5) is 0 Å². The van der Waals surface area contributed by atoms with Crippen LogP contribution in [-0.4, -0.2) is 6.47 Å². The highest BCUT2D eigenvalue weighted by Gasteiger charge is 1.97. The van der Waals surface area contributed by atoms with Crippen LogP contribution >= 0.6 is 11.3 Å². The second-order valence-electron chi connectivity index (χ2n) is 2.70. The summed E-state index contributed by atoms with van der Waals surface area (Å²) in [6.07, 6.45) is 0. The Hall–Kier alpha value is -1.35. The minimum atomic E-state index is 0.358. The molecule has 0 aliphatic heterocycles. The van der Waals surface area contributed by atoms with Gasteiger partial charge in [-0.25, -0.2) is 0 Å². The van der Waals surface area contributed by atoms with Crippen LogP contribution in [0.25, 0.3) is 10.1 Å². The van der Waals surface area contributed by atoms with E-state index in [-0.39, 0.29) is 0 Å². The van der Waals surface area contributed by atoms with E-state index in [2.05, 4.69) is 16.2 Å². The van der Waals surface area contributed by atoms with Gasteiger partial charge in [0.15, 0.2) is 0 Å². The number of hydrogen-bond acceptors (Lipinski definition) is 3. The summed E-state index contributed by atoms with van der Waals surface area (Å²) in [6, 6.07) is 8.13. The molecule has 0 aliphatic rings. The number of rotatable bonds is 3.